The molecule has 1 saturated heterocycles. The molecule has 1 aliphatic heterocycles. The Balaban J connectivity index is 2.19. The van der Waals surface area contributed by atoms with Crippen molar-refractivity contribution in [2.24, 2.45) is 5.92 Å². The lowest BCUT2D eigenvalue weighted by molar-refractivity contribution is -0.143. The molecule has 2 rings (SSSR count). The quantitative estimate of drug-likeness (QED) is 0.694. The second kappa shape index (κ2) is 5.17. The topological polar surface area (TPSA) is 98.1 Å². The van der Waals surface area contributed by atoms with Gasteiger partial charge in [0.15, 0.2) is 11.5 Å². The minimum Gasteiger partial charge on any atom is -0.504 e. The van der Waals surface area contributed by atoms with Gasteiger partial charge < -0.3 is 20.2 Å². The fourth-order valence-electron chi connectivity index (χ4n) is 2.24. The average Bonchev–Trinajstić information content (AvgIpc) is 2.41. The SMILES string of the molecule is O=C(O)C1CCCN(C(=O)c2cccc(O)c2O)C1. The van der Waals surface area contributed by atoms with Crippen LogP contribution in [0.5, 0.6) is 11.5 Å². The maximum atomic E-state index is 12.2. The average molecular weight is 265 g/mol. The summed E-state index contributed by atoms with van der Waals surface area (Å²) in [6.45, 7) is 0.584. The Kier molecular flexibility index (Phi) is 3.59. The maximum Gasteiger partial charge on any atom is 0.308 e. The molecule has 1 heterocycles. The van der Waals surface area contributed by atoms with Gasteiger partial charge in [-0.2, -0.15) is 0 Å². The van der Waals surface area contributed by atoms with Gasteiger partial charge in [0, 0.05) is 13.1 Å². The van der Waals surface area contributed by atoms with Crippen molar-refractivity contribution in [3.8, 4) is 11.5 Å². The highest BCUT2D eigenvalue weighted by Gasteiger charge is 2.29. The van der Waals surface area contributed by atoms with Crippen molar-refractivity contribution in [3.05, 3.63) is 23.8 Å². The van der Waals surface area contributed by atoms with Crippen molar-refractivity contribution >= 4 is 11.9 Å². The van der Waals surface area contributed by atoms with Gasteiger partial charge in [0.1, 0.15) is 0 Å². The first-order valence-electron chi connectivity index (χ1n) is 6.03. The largest absolute Gasteiger partial charge is 0.504 e. The number of carbonyl (C=O) groups is 2. The summed E-state index contributed by atoms with van der Waals surface area (Å²) < 4.78 is 0. The number of piperidine rings is 1. The van der Waals surface area contributed by atoms with E-state index >= 15 is 0 Å². The number of benzene rings is 1. The van der Waals surface area contributed by atoms with Gasteiger partial charge in [-0.25, -0.2) is 0 Å². The molecule has 1 atom stereocenters. The van der Waals surface area contributed by atoms with E-state index in [1.807, 2.05) is 0 Å². The van der Waals surface area contributed by atoms with Crippen molar-refractivity contribution < 1.29 is 24.9 Å². The molecule has 1 aliphatic rings. The molecule has 1 aromatic carbocycles. The summed E-state index contributed by atoms with van der Waals surface area (Å²) in [6.07, 6.45) is 1.16. The summed E-state index contributed by atoms with van der Waals surface area (Å²) in [6, 6.07) is 4.14. The summed E-state index contributed by atoms with van der Waals surface area (Å²) in [4.78, 5) is 24.6. The molecular formula is C13H15NO5. The number of aromatic hydroxyl groups is 2. The number of para-hydroxylation sites is 1. The molecule has 6 heteroatoms. The number of amides is 1. The van der Waals surface area contributed by atoms with E-state index in [1.54, 1.807) is 0 Å². The predicted octanol–water partition coefficient (Wildman–Crippen LogP) is 1.03. The van der Waals surface area contributed by atoms with Gasteiger partial charge in [0.25, 0.3) is 5.91 Å². The molecule has 1 aromatic rings. The van der Waals surface area contributed by atoms with Crippen LogP contribution in [-0.4, -0.2) is 45.2 Å². The van der Waals surface area contributed by atoms with Crippen LogP contribution in [0.3, 0.4) is 0 Å². The number of carboxylic acids is 1. The number of phenolic OH excluding ortho intramolecular Hbond substituents is 2. The van der Waals surface area contributed by atoms with Crippen LogP contribution in [0.15, 0.2) is 18.2 Å². The van der Waals surface area contributed by atoms with Crippen LogP contribution < -0.4 is 0 Å². The minimum absolute atomic E-state index is 0.00830. The molecule has 0 bridgehead atoms. The Hall–Kier alpha value is -2.24. The molecule has 1 amide bonds. The van der Waals surface area contributed by atoms with Gasteiger partial charge in [-0.05, 0) is 25.0 Å². The zero-order valence-corrected chi connectivity index (χ0v) is 10.2. The standard InChI is InChI=1S/C13H15NO5/c15-10-5-1-4-9(11(10)16)12(17)14-6-2-3-8(7-14)13(18)19/h1,4-5,8,15-16H,2-3,6-7H2,(H,18,19). The van der Waals surface area contributed by atoms with Crippen LogP contribution in [0.2, 0.25) is 0 Å². The fourth-order valence-corrected chi connectivity index (χ4v) is 2.24. The molecule has 1 unspecified atom stereocenters. The van der Waals surface area contributed by atoms with Gasteiger partial charge in [0.05, 0.1) is 11.5 Å². The monoisotopic (exact) mass is 265 g/mol. The van der Waals surface area contributed by atoms with Crippen molar-refractivity contribution in [3.63, 3.8) is 0 Å². The molecular weight excluding hydrogens is 250 g/mol. The number of likely N-dealkylation sites (tertiary alicyclic amines) is 1. The van der Waals surface area contributed by atoms with Crippen LogP contribution in [0.1, 0.15) is 23.2 Å². The second-order valence-electron chi connectivity index (χ2n) is 4.60. The number of phenols is 2. The smallest absolute Gasteiger partial charge is 0.308 e. The van der Waals surface area contributed by atoms with Gasteiger partial charge >= 0.3 is 5.97 Å². The Morgan fingerprint density at radius 3 is 2.68 bits per heavy atom. The third-order valence-electron chi connectivity index (χ3n) is 3.30. The first-order valence-corrected chi connectivity index (χ1v) is 6.03. The molecule has 19 heavy (non-hydrogen) atoms. The van der Waals surface area contributed by atoms with Crippen molar-refractivity contribution in [1.82, 2.24) is 4.90 Å². The normalized spacial score (nSPS) is 19.2. The van der Waals surface area contributed by atoms with E-state index in [9.17, 15) is 19.8 Å². The number of aliphatic carboxylic acids is 1. The number of carboxylic acid groups (broad SMARTS) is 1. The highest BCUT2D eigenvalue weighted by atomic mass is 16.4. The van der Waals surface area contributed by atoms with Crippen LogP contribution >= 0.6 is 0 Å². The lowest BCUT2D eigenvalue weighted by Crippen LogP contribution is -2.42. The van der Waals surface area contributed by atoms with Crippen LogP contribution in [-0.2, 0) is 4.79 Å². The van der Waals surface area contributed by atoms with Gasteiger partial charge in [0.2, 0.25) is 0 Å². The van der Waals surface area contributed by atoms with Crippen LogP contribution in [0, 0.1) is 5.92 Å². The van der Waals surface area contributed by atoms with Crippen molar-refractivity contribution in [2.75, 3.05) is 13.1 Å². The Morgan fingerprint density at radius 2 is 2.00 bits per heavy atom. The first-order chi connectivity index (χ1) is 9.00. The Morgan fingerprint density at radius 1 is 1.26 bits per heavy atom. The van der Waals surface area contributed by atoms with Crippen LogP contribution in [0.25, 0.3) is 0 Å². The number of carbonyl (C=O) groups excluding carboxylic acids is 1. The number of rotatable bonds is 2. The summed E-state index contributed by atoms with van der Waals surface area (Å²) >= 11 is 0. The van der Waals surface area contributed by atoms with E-state index < -0.39 is 23.5 Å². The van der Waals surface area contributed by atoms with Crippen molar-refractivity contribution in [1.29, 1.82) is 0 Å². The third kappa shape index (κ3) is 2.62. The van der Waals surface area contributed by atoms with E-state index in [1.165, 1.54) is 23.1 Å². The summed E-state index contributed by atoms with van der Waals surface area (Å²) in [5, 5.41) is 28.0. The lowest BCUT2D eigenvalue weighted by Gasteiger charge is -2.30. The lowest BCUT2D eigenvalue weighted by atomic mass is 9.97. The first kappa shape index (κ1) is 13.2. The fraction of sp³-hybridized carbons (Fsp3) is 0.385. The molecule has 0 saturated carbocycles. The summed E-state index contributed by atoms with van der Waals surface area (Å²) in [5.41, 5.74) is -0.00830. The van der Waals surface area contributed by atoms with E-state index in [0.717, 1.165) is 0 Å². The summed E-state index contributed by atoms with van der Waals surface area (Å²) in [7, 11) is 0. The van der Waals surface area contributed by atoms with Crippen molar-refractivity contribution in [2.45, 2.75) is 12.8 Å². The van der Waals surface area contributed by atoms with Gasteiger partial charge in [-0.3, -0.25) is 9.59 Å². The van der Waals surface area contributed by atoms with E-state index in [4.69, 9.17) is 5.11 Å². The number of hydrogen-bond acceptors (Lipinski definition) is 4. The molecule has 102 valence electrons. The number of nitrogens with zero attached hydrogens (tertiary/aromatic N) is 1. The molecule has 0 radical (unpaired) electrons. The van der Waals surface area contributed by atoms with E-state index in [2.05, 4.69) is 0 Å². The van der Waals surface area contributed by atoms with Gasteiger partial charge in [-0.15, -0.1) is 0 Å². The molecule has 3 N–H and O–H groups in total. The third-order valence-corrected chi connectivity index (χ3v) is 3.30. The maximum absolute atomic E-state index is 12.2. The van der Waals surface area contributed by atoms with Crippen LogP contribution in [0.4, 0.5) is 0 Å². The Labute approximate surface area is 109 Å². The molecule has 0 aromatic heterocycles. The Bertz CT molecular complexity index is 514. The van der Waals surface area contributed by atoms with Gasteiger partial charge in [-0.1, -0.05) is 6.07 Å². The van der Waals surface area contributed by atoms with E-state index in [0.29, 0.717) is 19.4 Å². The predicted molar refractivity (Wildman–Crippen MR) is 66.0 cm³/mol. The molecule has 6 nitrogen and oxygen atoms in total. The highest BCUT2D eigenvalue weighted by Crippen LogP contribution is 2.30. The minimum atomic E-state index is -0.919. The molecule has 0 spiro atoms. The molecule has 1 fully saturated rings. The zero-order chi connectivity index (χ0) is 14.0. The summed E-state index contributed by atoms with van der Waals surface area (Å²) in [5.74, 6) is -2.78. The molecule has 0 aliphatic carbocycles. The highest BCUT2D eigenvalue weighted by molar-refractivity contribution is 5.97. The van der Waals surface area contributed by atoms with E-state index in [-0.39, 0.29) is 17.9 Å². The zero-order valence-electron chi connectivity index (χ0n) is 10.2. The number of hydrogen-bond donors (Lipinski definition) is 3. The second-order valence-corrected chi connectivity index (χ2v) is 4.60.